The first-order valence-corrected chi connectivity index (χ1v) is 9.43. The maximum atomic E-state index is 12.6. The summed E-state index contributed by atoms with van der Waals surface area (Å²) in [7, 11) is 0. The molecule has 0 spiro atoms. The summed E-state index contributed by atoms with van der Waals surface area (Å²) in [6.07, 6.45) is 2.69. The second kappa shape index (κ2) is 10.8. The van der Waals surface area contributed by atoms with Gasteiger partial charge in [-0.05, 0) is 30.9 Å². The SMILES string of the molecule is NC(N)=NCCCC(NC(=O)C(N)Cc1c[nH]c2ccccc12)C(=O)NCC(=O)O. The summed E-state index contributed by atoms with van der Waals surface area (Å²) >= 11 is 0. The molecule has 0 aliphatic carbocycles. The summed E-state index contributed by atoms with van der Waals surface area (Å²) < 4.78 is 0. The van der Waals surface area contributed by atoms with E-state index in [1.807, 2.05) is 24.3 Å². The third-order valence-electron chi connectivity index (χ3n) is 4.44. The molecule has 0 radical (unpaired) electrons. The first-order chi connectivity index (χ1) is 14.3. The summed E-state index contributed by atoms with van der Waals surface area (Å²) in [5.74, 6) is -2.40. The van der Waals surface area contributed by atoms with Crippen molar-refractivity contribution in [2.75, 3.05) is 13.1 Å². The quantitative estimate of drug-likeness (QED) is 0.135. The van der Waals surface area contributed by atoms with Crippen LogP contribution in [-0.4, -0.2) is 59.0 Å². The van der Waals surface area contributed by atoms with Gasteiger partial charge in [0.05, 0.1) is 6.04 Å². The number of H-pyrrole nitrogens is 1. The number of nitrogens with zero attached hydrogens (tertiary/aromatic N) is 1. The van der Waals surface area contributed by atoms with Crippen molar-refractivity contribution in [2.24, 2.45) is 22.2 Å². The molecule has 0 bridgehead atoms. The van der Waals surface area contributed by atoms with Crippen LogP contribution in [0.4, 0.5) is 0 Å². The van der Waals surface area contributed by atoms with E-state index in [-0.39, 0.29) is 25.3 Å². The maximum Gasteiger partial charge on any atom is 0.322 e. The first-order valence-electron chi connectivity index (χ1n) is 9.43. The van der Waals surface area contributed by atoms with Crippen LogP contribution in [-0.2, 0) is 20.8 Å². The van der Waals surface area contributed by atoms with E-state index in [9.17, 15) is 14.4 Å². The van der Waals surface area contributed by atoms with Gasteiger partial charge in [0.1, 0.15) is 12.6 Å². The van der Waals surface area contributed by atoms with Gasteiger partial charge >= 0.3 is 5.97 Å². The van der Waals surface area contributed by atoms with Gasteiger partial charge in [0.15, 0.2) is 5.96 Å². The fourth-order valence-electron chi connectivity index (χ4n) is 2.97. The molecule has 162 valence electrons. The summed E-state index contributed by atoms with van der Waals surface area (Å²) in [6.45, 7) is -0.289. The minimum absolute atomic E-state index is 0.0772. The lowest BCUT2D eigenvalue weighted by Crippen LogP contribution is -2.52. The lowest BCUT2D eigenvalue weighted by atomic mass is 10.0. The van der Waals surface area contributed by atoms with Gasteiger partial charge in [-0.3, -0.25) is 19.4 Å². The van der Waals surface area contributed by atoms with Crippen LogP contribution in [0, 0.1) is 0 Å². The number of benzene rings is 1. The zero-order chi connectivity index (χ0) is 22.1. The van der Waals surface area contributed by atoms with Crippen LogP contribution in [0.3, 0.4) is 0 Å². The molecule has 11 heteroatoms. The largest absolute Gasteiger partial charge is 0.480 e. The van der Waals surface area contributed by atoms with Crippen molar-refractivity contribution >= 4 is 34.6 Å². The molecule has 1 heterocycles. The smallest absolute Gasteiger partial charge is 0.322 e. The van der Waals surface area contributed by atoms with Crippen LogP contribution in [0.25, 0.3) is 10.9 Å². The number of aromatic nitrogens is 1. The third-order valence-corrected chi connectivity index (χ3v) is 4.44. The number of aromatic amines is 1. The highest BCUT2D eigenvalue weighted by Gasteiger charge is 2.24. The van der Waals surface area contributed by atoms with E-state index < -0.39 is 36.4 Å². The van der Waals surface area contributed by atoms with E-state index in [4.69, 9.17) is 22.3 Å². The number of rotatable bonds is 11. The monoisotopic (exact) mass is 417 g/mol. The van der Waals surface area contributed by atoms with Gasteiger partial charge in [0, 0.05) is 23.6 Å². The molecule has 1 aromatic carbocycles. The molecule has 2 rings (SSSR count). The highest BCUT2D eigenvalue weighted by atomic mass is 16.4. The molecule has 0 aliphatic heterocycles. The zero-order valence-electron chi connectivity index (χ0n) is 16.4. The summed E-state index contributed by atoms with van der Waals surface area (Å²) in [4.78, 5) is 42.6. The zero-order valence-corrected chi connectivity index (χ0v) is 16.4. The number of nitrogens with two attached hydrogens (primary N) is 3. The molecule has 0 fully saturated rings. The molecule has 2 unspecified atom stereocenters. The number of nitrogens with one attached hydrogen (secondary N) is 3. The number of carbonyl (C=O) groups excluding carboxylic acids is 2. The number of hydrogen-bond donors (Lipinski definition) is 7. The Morgan fingerprint density at radius 2 is 1.90 bits per heavy atom. The van der Waals surface area contributed by atoms with Gasteiger partial charge < -0.3 is 37.9 Å². The van der Waals surface area contributed by atoms with Crippen LogP contribution < -0.4 is 27.8 Å². The average Bonchev–Trinajstić information content (AvgIpc) is 3.11. The number of aliphatic imine (C=N–C) groups is 1. The molecule has 2 atom stereocenters. The lowest BCUT2D eigenvalue weighted by Gasteiger charge is -2.20. The van der Waals surface area contributed by atoms with Crippen LogP contribution in [0.15, 0.2) is 35.5 Å². The number of carboxylic acids is 1. The third kappa shape index (κ3) is 6.78. The Bertz CT molecular complexity index is 920. The average molecular weight is 417 g/mol. The molecule has 0 saturated carbocycles. The van der Waals surface area contributed by atoms with Crippen molar-refractivity contribution in [1.82, 2.24) is 15.6 Å². The molecule has 1 aromatic heterocycles. The predicted molar refractivity (Wildman–Crippen MR) is 112 cm³/mol. The highest BCUT2D eigenvalue weighted by Crippen LogP contribution is 2.18. The van der Waals surface area contributed by atoms with Gasteiger partial charge in [0.25, 0.3) is 0 Å². The maximum absolute atomic E-state index is 12.6. The minimum Gasteiger partial charge on any atom is -0.480 e. The van der Waals surface area contributed by atoms with Crippen molar-refractivity contribution < 1.29 is 19.5 Å². The van der Waals surface area contributed by atoms with Crippen molar-refractivity contribution in [2.45, 2.75) is 31.3 Å². The fraction of sp³-hybridized carbons (Fsp3) is 0.368. The lowest BCUT2D eigenvalue weighted by molar-refractivity contribution is -0.138. The van der Waals surface area contributed by atoms with E-state index in [1.165, 1.54) is 0 Å². The summed E-state index contributed by atoms with van der Waals surface area (Å²) in [6, 6.07) is 5.79. The van der Waals surface area contributed by atoms with E-state index in [0.29, 0.717) is 6.42 Å². The van der Waals surface area contributed by atoms with Gasteiger partial charge in [-0.2, -0.15) is 0 Å². The second-order valence-electron chi connectivity index (χ2n) is 6.79. The Labute approximate surface area is 173 Å². The molecule has 11 nitrogen and oxygen atoms in total. The Balaban J connectivity index is 2.00. The number of guanidine groups is 1. The van der Waals surface area contributed by atoms with Gasteiger partial charge in [0.2, 0.25) is 11.8 Å². The van der Waals surface area contributed by atoms with E-state index in [0.717, 1.165) is 16.5 Å². The van der Waals surface area contributed by atoms with E-state index >= 15 is 0 Å². The van der Waals surface area contributed by atoms with Crippen LogP contribution in [0.2, 0.25) is 0 Å². The number of hydrogen-bond acceptors (Lipinski definition) is 5. The Morgan fingerprint density at radius 1 is 1.17 bits per heavy atom. The molecule has 2 amide bonds. The van der Waals surface area contributed by atoms with E-state index in [2.05, 4.69) is 20.6 Å². The molecule has 10 N–H and O–H groups in total. The van der Waals surface area contributed by atoms with Crippen molar-refractivity contribution in [3.8, 4) is 0 Å². The molecule has 0 aliphatic rings. The molecule has 2 aromatic rings. The highest BCUT2D eigenvalue weighted by molar-refractivity contribution is 5.91. The Kier molecular flexibility index (Phi) is 8.18. The number of amides is 2. The summed E-state index contributed by atoms with van der Waals surface area (Å²) in [5.41, 5.74) is 18.4. The van der Waals surface area contributed by atoms with Gasteiger partial charge in [-0.15, -0.1) is 0 Å². The number of carbonyl (C=O) groups is 3. The number of fused-ring (bicyclic) bond motifs is 1. The van der Waals surface area contributed by atoms with Crippen LogP contribution >= 0.6 is 0 Å². The standard InChI is InChI=1S/C19H27N7O4/c20-13(8-11-9-24-14-5-2-1-4-12(11)14)17(29)26-15(6-3-7-23-19(21)22)18(30)25-10-16(27)28/h1-2,4-5,9,13,15,24H,3,6-8,10,20H2,(H,25,30)(H,26,29)(H,27,28)(H4,21,22,23). The Hall–Kier alpha value is -3.60. The molecular formula is C19H27N7O4. The van der Waals surface area contributed by atoms with Crippen molar-refractivity contribution in [1.29, 1.82) is 0 Å². The number of para-hydroxylation sites is 1. The van der Waals surface area contributed by atoms with E-state index in [1.54, 1.807) is 6.20 Å². The van der Waals surface area contributed by atoms with Gasteiger partial charge in [-0.25, -0.2) is 0 Å². The van der Waals surface area contributed by atoms with Crippen LogP contribution in [0.1, 0.15) is 18.4 Å². The normalized spacial score (nSPS) is 12.7. The predicted octanol–water partition coefficient (Wildman–Crippen LogP) is -1.22. The molecule has 0 saturated heterocycles. The second-order valence-corrected chi connectivity index (χ2v) is 6.79. The summed E-state index contributed by atoms with van der Waals surface area (Å²) in [5, 5.41) is 14.6. The van der Waals surface area contributed by atoms with Gasteiger partial charge in [-0.1, -0.05) is 18.2 Å². The minimum atomic E-state index is -1.19. The van der Waals surface area contributed by atoms with Crippen molar-refractivity contribution in [3.63, 3.8) is 0 Å². The molecule has 30 heavy (non-hydrogen) atoms. The van der Waals surface area contributed by atoms with Crippen molar-refractivity contribution in [3.05, 3.63) is 36.0 Å². The number of aliphatic carboxylic acids is 1. The Morgan fingerprint density at radius 3 is 2.60 bits per heavy atom. The topological polar surface area (TPSA) is 202 Å². The fourth-order valence-corrected chi connectivity index (χ4v) is 2.97. The molecular weight excluding hydrogens is 390 g/mol. The number of carboxylic acid groups (broad SMARTS) is 1. The first kappa shape index (κ1) is 22.7. The van der Waals surface area contributed by atoms with Crippen LogP contribution in [0.5, 0.6) is 0 Å².